The Kier molecular flexibility index (Phi) is 5.62. The van der Waals surface area contributed by atoms with Gasteiger partial charge in [0.1, 0.15) is 11.6 Å². The molecule has 1 aliphatic carbocycles. The monoisotopic (exact) mass is 382 g/mol. The van der Waals surface area contributed by atoms with Crippen LogP contribution in [0.15, 0.2) is 42.5 Å². The summed E-state index contributed by atoms with van der Waals surface area (Å²) in [6.45, 7) is 1.34. The highest BCUT2D eigenvalue weighted by atomic mass is 19.1. The molecular formula is C23H27FN2O2. The maximum absolute atomic E-state index is 13.9. The minimum Gasteiger partial charge on any atom is -0.496 e. The van der Waals surface area contributed by atoms with Gasteiger partial charge in [-0.15, -0.1) is 0 Å². The second-order valence-corrected chi connectivity index (χ2v) is 7.75. The summed E-state index contributed by atoms with van der Waals surface area (Å²) in [6, 6.07) is 13.4. The standard InChI is InChI=1S/C23H27FN2O2/c1-28-22-8-4-5-16-15-18(9-10-19(16)22)25-17-11-13-26(14-12-17)23(27)20-6-2-3-7-21(20)24/h2-8,17-18,25H,9-15H2,1H3. The number of nitrogens with one attached hydrogen (secondary N) is 1. The molecule has 5 heteroatoms. The van der Waals surface area contributed by atoms with Crippen LogP contribution in [-0.2, 0) is 12.8 Å². The zero-order chi connectivity index (χ0) is 19.5. The van der Waals surface area contributed by atoms with Crippen LogP contribution in [0.2, 0.25) is 0 Å². The van der Waals surface area contributed by atoms with Gasteiger partial charge in [0.25, 0.3) is 5.91 Å². The van der Waals surface area contributed by atoms with E-state index in [9.17, 15) is 9.18 Å². The van der Waals surface area contributed by atoms with E-state index in [1.165, 1.54) is 17.2 Å². The molecule has 1 heterocycles. The number of halogens is 1. The molecule has 1 aliphatic heterocycles. The minimum atomic E-state index is -0.441. The van der Waals surface area contributed by atoms with Crippen LogP contribution in [0.3, 0.4) is 0 Å². The molecule has 4 nitrogen and oxygen atoms in total. The summed E-state index contributed by atoms with van der Waals surface area (Å²) >= 11 is 0. The third-order valence-corrected chi connectivity index (χ3v) is 6.02. The van der Waals surface area contributed by atoms with Crippen LogP contribution in [0, 0.1) is 5.82 Å². The number of likely N-dealkylation sites (tertiary alicyclic amines) is 1. The van der Waals surface area contributed by atoms with Crippen molar-refractivity contribution in [3.8, 4) is 5.75 Å². The van der Waals surface area contributed by atoms with E-state index in [2.05, 4.69) is 17.4 Å². The number of carbonyl (C=O) groups is 1. The number of benzene rings is 2. The molecule has 1 saturated heterocycles. The summed E-state index contributed by atoms with van der Waals surface area (Å²) in [7, 11) is 1.73. The fraction of sp³-hybridized carbons (Fsp3) is 0.435. The number of rotatable bonds is 4. The number of ether oxygens (including phenoxy) is 1. The van der Waals surface area contributed by atoms with Crippen molar-refractivity contribution >= 4 is 5.91 Å². The first-order valence-corrected chi connectivity index (χ1v) is 10.1. The van der Waals surface area contributed by atoms with Gasteiger partial charge in [0.2, 0.25) is 0 Å². The summed E-state index contributed by atoms with van der Waals surface area (Å²) in [5.41, 5.74) is 2.88. The molecular weight excluding hydrogens is 355 g/mol. The van der Waals surface area contributed by atoms with Gasteiger partial charge < -0.3 is 15.0 Å². The number of carbonyl (C=O) groups excluding carboxylic acids is 1. The maximum Gasteiger partial charge on any atom is 0.256 e. The number of hydrogen-bond acceptors (Lipinski definition) is 3. The van der Waals surface area contributed by atoms with Crippen LogP contribution in [-0.4, -0.2) is 43.1 Å². The Labute approximate surface area is 165 Å². The molecule has 1 fully saturated rings. The topological polar surface area (TPSA) is 41.6 Å². The van der Waals surface area contributed by atoms with E-state index in [4.69, 9.17) is 4.74 Å². The Morgan fingerprint density at radius 3 is 2.61 bits per heavy atom. The Hall–Kier alpha value is -2.40. The van der Waals surface area contributed by atoms with E-state index in [0.717, 1.165) is 37.9 Å². The van der Waals surface area contributed by atoms with Crippen LogP contribution < -0.4 is 10.1 Å². The lowest BCUT2D eigenvalue weighted by Gasteiger charge is -2.36. The van der Waals surface area contributed by atoms with Crippen LogP contribution >= 0.6 is 0 Å². The van der Waals surface area contributed by atoms with Crippen molar-refractivity contribution in [3.05, 3.63) is 65.0 Å². The van der Waals surface area contributed by atoms with Crippen molar-refractivity contribution in [2.24, 2.45) is 0 Å². The van der Waals surface area contributed by atoms with Gasteiger partial charge in [0.15, 0.2) is 0 Å². The molecule has 2 aliphatic rings. The number of amides is 1. The Morgan fingerprint density at radius 1 is 1.07 bits per heavy atom. The normalized spacial score (nSPS) is 19.9. The van der Waals surface area contributed by atoms with E-state index in [1.807, 2.05) is 6.07 Å². The highest BCUT2D eigenvalue weighted by Gasteiger charge is 2.28. The second kappa shape index (κ2) is 8.31. The largest absolute Gasteiger partial charge is 0.496 e. The summed E-state index contributed by atoms with van der Waals surface area (Å²) < 4.78 is 19.4. The summed E-state index contributed by atoms with van der Waals surface area (Å²) in [5.74, 6) is 0.357. The van der Waals surface area contributed by atoms with Gasteiger partial charge in [-0.25, -0.2) is 4.39 Å². The molecule has 148 valence electrons. The van der Waals surface area contributed by atoms with Crippen LogP contribution in [0.25, 0.3) is 0 Å². The maximum atomic E-state index is 13.9. The van der Waals surface area contributed by atoms with E-state index in [0.29, 0.717) is 25.2 Å². The molecule has 2 aromatic rings. The summed E-state index contributed by atoms with van der Waals surface area (Å²) in [4.78, 5) is 14.3. The quantitative estimate of drug-likeness (QED) is 0.879. The van der Waals surface area contributed by atoms with Crippen molar-refractivity contribution in [3.63, 3.8) is 0 Å². The molecule has 0 spiro atoms. The third-order valence-electron chi connectivity index (χ3n) is 6.02. The first kappa shape index (κ1) is 18.9. The number of fused-ring (bicyclic) bond motifs is 1. The van der Waals surface area contributed by atoms with Crippen molar-refractivity contribution in [1.82, 2.24) is 10.2 Å². The Balaban J connectivity index is 1.31. The summed E-state index contributed by atoms with van der Waals surface area (Å²) in [6.07, 6.45) is 4.95. The molecule has 28 heavy (non-hydrogen) atoms. The van der Waals surface area contributed by atoms with Gasteiger partial charge >= 0.3 is 0 Å². The molecule has 0 bridgehead atoms. The second-order valence-electron chi connectivity index (χ2n) is 7.75. The van der Waals surface area contributed by atoms with Crippen molar-refractivity contribution < 1.29 is 13.9 Å². The smallest absolute Gasteiger partial charge is 0.256 e. The predicted octanol–water partition coefficient (Wildman–Crippen LogP) is 3.59. The van der Waals surface area contributed by atoms with E-state index in [1.54, 1.807) is 30.2 Å². The molecule has 1 N–H and O–H groups in total. The lowest BCUT2D eigenvalue weighted by molar-refractivity contribution is 0.0696. The van der Waals surface area contributed by atoms with Crippen molar-refractivity contribution in [1.29, 1.82) is 0 Å². The lowest BCUT2D eigenvalue weighted by atomic mass is 9.87. The number of piperidine rings is 1. The number of hydrogen-bond donors (Lipinski definition) is 1. The van der Waals surface area contributed by atoms with Gasteiger partial charge in [-0.05, 0) is 61.4 Å². The van der Waals surface area contributed by atoms with E-state index in [-0.39, 0.29) is 11.5 Å². The lowest BCUT2D eigenvalue weighted by Crippen LogP contribution is -2.49. The average Bonchev–Trinajstić information content (AvgIpc) is 2.73. The fourth-order valence-electron chi connectivity index (χ4n) is 4.49. The first-order valence-electron chi connectivity index (χ1n) is 10.1. The zero-order valence-electron chi connectivity index (χ0n) is 16.3. The Bertz CT molecular complexity index is 846. The minimum absolute atomic E-state index is 0.173. The van der Waals surface area contributed by atoms with Gasteiger partial charge in [-0.2, -0.15) is 0 Å². The summed E-state index contributed by atoms with van der Waals surface area (Å²) in [5, 5.41) is 3.79. The SMILES string of the molecule is COc1cccc2c1CCC(NC1CCN(C(=O)c3ccccc3F)CC1)C2. The predicted molar refractivity (Wildman–Crippen MR) is 107 cm³/mol. The molecule has 0 radical (unpaired) electrons. The fourth-order valence-corrected chi connectivity index (χ4v) is 4.49. The highest BCUT2D eigenvalue weighted by molar-refractivity contribution is 5.94. The number of methoxy groups -OCH3 is 1. The third kappa shape index (κ3) is 3.90. The highest BCUT2D eigenvalue weighted by Crippen LogP contribution is 2.30. The first-order chi connectivity index (χ1) is 13.7. The number of nitrogens with zero attached hydrogens (tertiary/aromatic N) is 1. The van der Waals surface area contributed by atoms with Crippen LogP contribution in [0.5, 0.6) is 5.75 Å². The van der Waals surface area contributed by atoms with Crippen molar-refractivity contribution in [2.45, 2.75) is 44.2 Å². The molecule has 1 atom stereocenters. The van der Waals surface area contributed by atoms with Gasteiger partial charge in [0, 0.05) is 25.2 Å². The van der Waals surface area contributed by atoms with Gasteiger partial charge in [-0.1, -0.05) is 24.3 Å². The molecule has 2 aromatic carbocycles. The molecule has 4 rings (SSSR count). The average molecular weight is 382 g/mol. The van der Waals surface area contributed by atoms with E-state index < -0.39 is 5.82 Å². The zero-order valence-corrected chi connectivity index (χ0v) is 16.3. The molecule has 0 aromatic heterocycles. The molecule has 1 amide bonds. The van der Waals surface area contributed by atoms with Crippen LogP contribution in [0.1, 0.15) is 40.7 Å². The molecule has 0 saturated carbocycles. The van der Waals surface area contributed by atoms with Gasteiger partial charge in [0.05, 0.1) is 12.7 Å². The Morgan fingerprint density at radius 2 is 1.86 bits per heavy atom. The van der Waals surface area contributed by atoms with Crippen LogP contribution in [0.4, 0.5) is 4.39 Å². The van der Waals surface area contributed by atoms with Crippen molar-refractivity contribution in [2.75, 3.05) is 20.2 Å². The van der Waals surface area contributed by atoms with Gasteiger partial charge in [-0.3, -0.25) is 4.79 Å². The molecule has 1 unspecified atom stereocenters. The van der Waals surface area contributed by atoms with E-state index >= 15 is 0 Å².